The summed E-state index contributed by atoms with van der Waals surface area (Å²) < 4.78 is 13.3. The van der Waals surface area contributed by atoms with Gasteiger partial charge >= 0.3 is 0 Å². The first-order chi connectivity index (χ1) is 13.6. The van der Waals surface area contributed by atoms with Gasteiger partial charge in [0.05, 0.1) is 17.0 Å². The first-order valence-corrected chi connectivity index (χ1v) is 10.8. The van der Waals surface area contributed by atoms with Crippen molar-refractivity contribution >= 4 is 5.91 Å². The summed E-state index contributed by atoms with van der Waals surface area (Å²) in [5.74, 6) is 1.94. The predicted octanol–water partition coefficient (Wildman–Crippen LogP) is 1.70. The second-order valence-electron chi connectivity index (χ2n) is 9.51. The molecule has 3 fully saturated rings. The van der Waals surface area contributed by atoms with E-state index in [0.717, 1.165) is 57.3 Å². The lowest BCUT2D eigenvalue weighted by molar-refractivity contribution is -0.136. The van der Waals surface area contributed by atoms with E-state index in [-0.39, 0.29) is 22.9 Å². The number of amides is 1. The molecule has 5 heterocycles. The number of hydrogen-bond donors (Lipinski definition) is 1. The Hall–Kier alpha value is -1.44. The maximum Gasteiger partial charge on any atom is 0.226 e. The molecule has 1 aromatic heterocycles. The summed E-state index contributed by atoms with van der Waals surface area (Å²) in [5.41, 5.74) is -0.217. The summed E-state index contributed by atoms with van der Waals surface area (Å²) in [5, 5.41) is 3.34. The number of imidazole rings is 1. The monoisotopic (exact) mass is 388 g/mol. The Morgan fingerprint density at radius 1 is 1.21 bits per heavy atom. The average Bonchev–Trinajstić information content (AvgIpc) is 3.26. The number of likely N-dealkylation sites (tertiary alicyclic amines) is 1. The second kappa shape index (κ2) is 7.11. The molecule has 0 aromatic carbocycles. The third-order valence-corrected chi connectivity index (χ3v) is 7.42. The van der Waals surface area contributed by atoms with Crippen LogP contribution in [-0.4, -0.2) is 66.4 Å². The van der Waals surface area contributed by atoms with E-state index in [9.17, 15) is 4.79 Å². The Balaban J connectivity index is 1.23. The molecule has 5 rings (SSSR count). The van der Waals surface area contributed by atoms with Gasteiger partial charge in [-0.3, -0.25) is 9.69 Å². The summed E-state index contributed by atoms with van der Waals surface area (Å²) in [6.07, 6.45) is 8.89. The molecule has 1 spiro atoms. The highest BCUT2D eigenvalue weighted by molar-refractivity contribution is 5.82. The van der Waals surface area contributed by atoms with Gasteiger partial charge in [-0.15, -0.1) is 0 Å². The van der Waals surface area contributed by atoms with E-state index < -0.39 is 0 Å². The Kier molecular flexibility index (Phi) is 4.72. The number of nitrogens with zero attached hydrogens (tertiary/aromatic N) is 3. The van der Waals surface area contributed by atoms with Crippen molar-refractivity contribution in [2.24, 2.45) is 11.3 Å². The Bertz CT molecular complexity index is 715. The zero-order chi connectivity index (χ0) is 19.2. The number of carbonyl (C=O) groups excluding carboxylic acids is 1. The molecule has 7 nitrogen and oxygen atoms in total. The summed E-state index contributed by atoms with van der Waals surface area (Å²) in [4.78, 5) is 20.2. The van der Waals surface area contributed by atoms with Crippen molar-refractivity contribution in [1.82, 2.24) is 19.8 Å². The van der Waals surface area contributed by atoms with Crippen molar-refractivity contribution < 1.29 is 14.3 Å². The van der Waals surface area contributed by atoms with Gasteiger partial charge < -0.3 is 19.4 Å². The molecule has 0 radical (unpaired) electrons. The predicted molar refractivity (Wildman–Crippen MR) is 104 cm³/mol. The lowest BCUT2D eigenvalue weighted by atomic mass is 9.80. The lowest BCUT2D eigenvalue weighted by Crippen LogP contribution is -2.62. The number of rotatable bonds is 4. The molecule has 7 heteroatoms. The quantitative estimate of drug-likeness (QED) is 0.850. The van der Waals surface area contributed by atoms with Gasteiger partial charge in [-0.2, -0.15) is 0 Å². The fraction of sp³-hybridized carbons (Fsp3) is 0.810. The van der Waals surface area contributed by atoms with Crippen LogP contribution < -0.4 is 5.32 Å². The Morgan fingerprint density at radius 3 is 2.68 bits per heavy atom. The van der Waals surface area contributed by atoms with Crippen molar-refractivity contribution in [1.29, 1.82) is 0 Å². The van der Waals surface area contributed by atoms with Crippen LogP contribution >= 0.6 is 0 Å². The van der Waals surface area contributed by atoms with Gasteiger partial charge in [0.25, 0.3) is 0 Å². The molecule has 0 bridgehead atoms. The van der Waals surface area contributed by atoms with Crippen molar-refractivity contribution in [2.75, 3.05) is 46.1 Å². The number of fused-ring (bicyclic) bond motifs is 2. The smallest absolute Gasteiger partial charge is 0.226 e. The zero-order valence-electron chi connectivity index (χ0n) is 16.9. The highest BCUT2D eigenvalue weighted by Gasteiger charge is 2.53. The van der Waals surface area contributed by atoms with Gasteiger partial charge in [-0.25, -0.2) is 4.98 Å². The van der Waals surface area contributed by atoms with Crippen LogP contribution in [0.15, 0.2) is 12.4 Å². The molecule has 0 aliphatic carbocycles. The fourth-order valence-electron chi connectivity index (χ4n) is 5.53. The van der Waals surface area contributed by atoms with Crippen LogP contribution in [0.1, 0.15) is 50.9 Å². The van der Waals surface area contributed by atoms with Crippen LogP contribution in [0, 0.1) is 11.3 Å². The third kappa shape index (κ3) is 3.17. The standard InChI is InChI=1S/C21H32N4O3/c1-20(4-10-28-11-5-20)19(26)23-17-12-21(25-7-6-22-18(17)25)14-24(15-21)13-16-2-8-27-9-3-16/h6-7,16-17H,2-5,8-15H2,1H3,(H,23,26). The largest absolute Gasteiger partial charge is 0.381 e. The summed E-state index contributed by atoms with van der Waals surface area (Å²) in [7, 11) is 0. The van der Waals surface area contributed by atoms with E-state index in [0.29, 0.717) is 13.2 Å². The van der Waals surface area contributed by atoms with Crippen LogP contribution in [0.2, 0.25) is 0 Å². The van der Waals surface area contributed by atoms with Gasteiger partial charge in [-0.1, -0.05) is 6.92 Å². The van der Waals surface area contributed by atoms with Gasteiger partial charge in [-0.05, 0) is 31.6 Å². The van der Waals surface area contributed by atoms with Gasteiger partial charge in [0.15, 0.2) is 0 Å². The molecule has 1 amide bonds. The number of carbonyl (C=O) groups is 1. The van der Waals surface area contributed by atoms with E-state index in [4.69, 9.17) is 9.47 Å². The van der Waals surface area contributed by atoms with Crippen molar-refractivity contribution in [2.45, 2.75) is 50.6 Å². The summed E-state index contributed by atoms with van der Waals surface area (Å²) >= 11 is 0. The van der Waals surface area contributed by atoms with Crippen LogP contribution in [0.4, 0.5) is 0 Å². The van der Waals surface area contributed by atoms with Crippen molar-refractivity contribution in [3.8, 4) is 0 Å². The number of hydrogen-bond acceptors (Lipinski definition) is 5. The molecule has 1 atom stereocenters. The van der Waals surface area contributed by atoms with Gasteiger partial charge in [0.1, 0.15) is 5.82 Å². The van der Waals surface area contributed by atoms with E-state index in [2.05, 4.69) is 32.9 Å². The summed E-state index contributed by atoms with van der Waals surface area (Å²) in [6.45, 7) is 8.53. The van der Waals surface area contributed by atoms with Crippen molar-refractivity contribution in [3.63, 3.8) is 0 Å². The van der Waals surface area contributed by atoms with E-state index >= 15 is 0 Å². The highest BCUT2D eigenvalue weighted by atomic mass is 16.5. The van der Waals surface area contributed by atoms with Crippen LogP contribution in [-0.2, 0) is 19.8 Å². The average molecular weight is 389 g/mol. The molecule has 0 saturated carbocycles. The molecule has 1 unspecified atom stereocenters. The van der Waals surface area contributed by atoms with Crippen LogP contribution in [0.5, 0.6) is 0 Å². The zero-order valence-corrected chi connectivity index (χ0v) is 16.9. The highest BCUT2D eigenvalue weighted by Crippen LogP contribution is 2.45. The van der Waals surface area contributed by atoms with Gasteiger partial charge in [0.2, 0.25) is 5.91 Å². The molecule has 28 heavy (non-hydrogen) atoms. The van der Waals surface area contributed by atoms with Gasteiger partial charge in [0, 0.05) is 64.9 Å². The maximum atomic E-state index is 13.0. The molecular weight excluding hydrogens is 356 g/mol. The van der Waals surface area contributed by atoms with Crippen LogP contribution in [0.25, 0.3) is 0 Å². The number of ether oxygens (including phenoxy) is 2. The number of nitrogens with one attached hydrogen (secondary N) is 1. The van der Waals surface area contributed by atoms with Crippen LogP contribution in [0.3, 0.4) is 0 Å². The minimum absolute atomic E-state index is 0.0207. The Labute approximate surface area is 166 Å². The molecule has 154 valence electrons. The number of aromatic nitrogens is 2. The summed E-state index contributed by atoms with van der Waals surface area (Å²) in [6, 6.07) is 0.0207. The molecular formula is C21H32N4O3. The van der Waals surface area contributed by atoms with E-state index in [1.807, 2.05) is 6.20 Å². The van der Waals surface area contributed by atoms with E-state index in [1.165, 1.54) is 19.4 Å². The van der Waals surface area contributed by atoms with Crippen molar-refractivity contribution in [3.05, 3.63) is 18.2 Å². The molecule has 1 N–H and O–H groups in total. The first-order valence-electron chi connectivity index (χ1n) is 10.8. The molecule has 3 saturated heterocycles. The fourth-order valence-corrected chi connectivity index (χ4v) is 5.53. The molecule has 4 aliphatic heterocycles. The Morgan fingerprint density at radius 2 is 1.93 bits per heavy atom. The SMILES string of the molecule is CC1(C(=O)NC2CC3(CN(CC4CCOCC4)C3)n3ccnc32)CCOCC1. The second-order valence-corrected chi connectivity index (χ2v) is 9.51. The maximum absolute atomic E-state index is 13.0. The first kappa shape index (κ1) is 18.6. The molecule has 4 aliphatic rings. The van der Waals surface area contributed by atoms with E-state index in [1.54, 1.807) is 0 Å². The minimum Gasteiger partial charge on any atom is -0.381 e. The molecule has 1 aromatic rings. The lowest BCUT2D eigenvalue weighted by Gasteiger charge is -2.50. The third-order valence-electron chi connectivity index (χ3n) is 7.42. The normalized spacial score (nSPS) is 29.4. The minimum atomic E-state index is -0.319. The topological polar surface area (TPSA) is 68.6 Å².